The molecule has 1 fully saturated rings. The van der Waals surface area contributed by atoms with Gasteiger partial charge >= 0.3 is 0 Å². The minimum Gasteiger partial charge on any atom is -0.208 e. The van der Waals surface area contributed by atoms with Crippen molar-refractivity contribution >= 4 is 35.7 Å². The largest absolute Gasteiger partial charge is 0.208 e. The van der Waals surface area contributed by atoms with Gasteiger partial charge < -0.3 is 0 Å². The molecule has 1 aliphatic rings. The second kappa shape index (κ2) is 3.93. The third-order valence-electron chi connectivity index (χ3n) is 0.906. The lowest BCUT2D eigenvalue weighted by Gasteiger charge is -2.23. The van der Waals surface area contributed by atoms with E-state index in [-0.39, 0.29) is 0 Å². The molecule has 0 bridgehead atoms. The Kier molecular flexibility index (Phi) is 3.50. The zero-order valence-electron chi connectivity index (χ0n) is 4.72. The molecule has 8 heavy (non-hydrogen) atoms. The average molecular weight is 167 g/mol. The summed E-state index contributed by atoms with van der Waals surface area (Å²) in [6, 6.07) is 0. The van der Waals surface area contributed by atoms with Gasteiger partial charge in [0.1, 0.15) is 0 Å². The molecule has 0 aliphatic carbocycles. The maximum Gasteiger partial charge on any atom is 0.0382 e. The van der Waals surface area contributed by atoms with Crippen LogP contribution in [0.1, 0.15) is 0 Å². The molecule has 0 radical (unpaired) electrons. The Labute approximate surface area is 63.0 Å². The smallest absolute Gasteiger partial charge is 0.0382 e. The number of rotatable bonds is 3. The highest BCUT2D eigenvalue weighted by molar-refractivity contribution is 8.14. The van der Waals surface area contributed by atoms with Crippen LogP contribution in [0.5, 0.6) is 0 Å². The van der Waals surface area contributed by atoms with Crippen molar-refractivity contribution in [2.75, 3.05) is 17.8 Å². The highest BCUT2D eigenvalue weighted by Crippen LogP contribution is 2.27. The summed E-state index contributed by atoms with van der Waals surface area (Å²) in [6.45, 7) is 0. The number of nitrogens with one attached hydrogen (secondary N) is 1. The molecule has 0 saturated carbocycles. The van der Waals surface area contributed by atoms with Crippen LogP contribution in [0.2, 0.25) is 0 Å². The van der Waals surface area contributed by atoms with Crippen molar-refractivity contribution in [3.05, 3.63) is 0 Å². The maximum absolute atomic E-state index is 3.17. The predicted octanol–water partition coefficient (Wildman–Crippen LogP) is 1.62. The van der Waals surface area contributed by atoms with Crippen LogP contribution in [-0.2, 0) is 0 Å². The van der Waals surface area contributed by atoms with E-state index in [4.69, 9.17) is 0 Å². The van der Waals surface area contributed by atoms with E-state index < -0.39 is 0 Å². The first-order chi connectivity index (χ1) is 3.93. The first-order valence-corrected chi connectivity index (χ1v) is 5.71. The maximum atomic E-state index is 3.17. The van der Waals surface area contributed by atoms with Gasteiger partial charge in [-0.1, -0.05) is 23.9 Å². The Morgan fingerprint density at radius 2 is 2.38 bits per heavy atom. The van der Waals surface area contributed by atoms with Crippen molar-refractivity contribution in [3.8, 4) is 0 Å². The molecule has 1 heterocycles. The Morgan fingerprint density at radius 1 is 1.62 bits per heavy atom. The van der Waals surface area contributed by atoms with Crippen LogP contribution in [0, 0.1) is 0 Å². The molecule has 48 valence electrons. The van der Waals surface area contributed by atoms with E-state index in [0.717, 1.165) is 5.25 Å². The molecule has 0 atom stereocenters. The first kappa shape index (κ1) is 7.12. The zero-order chi connectivity index (χ0) is 5.82. The van der Waals surface area contributed by atoms with Gasteiger partial charge in [0.15, 0.2) is 0 Å². The van der Waals surface area contributed by atoms with Gasteiger partial charge in [-0.3, -0.25) is 0 Å². The highest BCUT2D eigenvalue weighted by atomic mass is 32.2. The van der Waals surface area contributed by atoms with Crippen molar-refractivity contribution < 1.29 is 0 Å². The number of hydrogen-bond donors (Lipinski definition) is 1. The van der Waals surface area contributed by atoms with E-state index in [1.807, 2.05) is 23.7 Å². The lowest BCUT2D eigenvalue weighted by atomic mass is 10.5. The van der Waals surface area contributed by atoms with Crippen molar-refractivity contribution in [1.82, 2.24) is 4.13 Å². The Bertz CT molecular complexity index is 64.3. The molecule has 1 N–H and O–H groups in total. The normalized spacial score (nSPS) is 20.6. The van der Waals surface area contributed by atoms with Gasteiger partial charge in [0.25, 0.3) is 0 Å². The molecule has 0 aromatic heterocycles. The van der Waals surface area contributed by atoms with Gasteiger partial charge in [-0.2, -0.15) is 11.8 Å². The standard InChI is InChI=1S/C4H9NS3/c1-6-5-8-4-2-7-3-4/h4-5H,2-3H2,1H3. The molecule has 1 nitrogen and oxygen atoms in total. The quantitative estimate of drug-likeness (QED) is 0.641. The SMILES string of the molecule is CSNSC1CSC1. The minimum atomic E-state index is 0.882. The van der Waals surface area contributed by atoms with E-state index in [0.29, 0.717) is 0 Å². The monoisotopic (exact) mass is 167 g/mol. The van der Waals surface area contributed by atoms with E-state index in [1.165, 1.54) is 11.5 Å². The summed E-state index contributed by atoms with van der Waals surface area (Å²) in [6.07, 6.45) is 2.05. The Morgan fingerprint density at radius 3 is 2.75 bits per heavy atom. The Balaban J connectivity index is 1.86. The zero-order valence-corrected chi connectivity index (χ0v) is 7.17. The van der Waals surface area contributed by atoms with Gasteiger partial charge in [0.2, 0.25) is 0 Å². The van der Waals surface area contributed by atoms with E-state index in [1.54, 1.807) is 11.9 Å². The molecule has 0 unspecified atom stereocenters. The molecule has 0 spiro atoms. The van der Waals surface area contributed by atoms with Crippen molar-refractivity contribution in [2.24, 2.45) is 0 Å². The molecule has 4 heteroatoms. The lowest BCUT2D eigenvalue weighted by molar-refractivity contribution is 1.08. The van der Waals surface area contributed by atoms with Gasteiger partial charge in [0.05, 0.1) is 0 Å². The fraction of sp³-hybridized carbons (Fsp3) is 1.00. The fourth-order valence-electron chi connectivity index (χ4n) is 0.398. The molecule has 1 aliphatic heterocycles. The summed E-state index contributed by atoms with van der Waals surface area (Å²) < 4.78 is 3.17. The van der Waals surface area contributed by atoms with Gasteiger partial charge in [-0.25, -0.2) is 4.13 Å². The second-order valence-electron chi connectivity index (χ2n) is 1.56. The summed E-state index contributed by atoms with van der Waals surface area (Å²) >= 11 is 5.56. The molecule has 0 aromatic carbocycles. The molecule has 1 saturated heterocycles. The minimum absolute atomic E-state index is 0.882. The van der Waals surface area contributed by atoms with E-state index in [2.05, 4.69) is 10.4 Å². The molecule has 0 amide bonds. The third kappa shape index (κ3) is 2.09. The molecular weight excluding hydrogens is 158 g/mol. The predicted molar refractivity (Wildman–Crippen MR) is 45.4 cm³/mol. The summed E-state index contributed by atoms with van der Waals surface area (Å²) in [5, 5.41) is 0.882. The molecule has 1 rings (SSSR count). The summed E-state index contributed by atoms with van der Waals surface area (Å²) in [5.41, 5.74) is 0. The van der Waals surface area contributed by atoms with Gasteiger partial charge in [-0.05, 0) is 6.26 Å². The van der Waals surface area contributed by atoms with Crippen LogP contribution in [-0.4, -0.2) is 23.0 Å². The van der Waals surface area contributed by atoms with Crippen LogP contribution in [0.4, 0.5) is 0 Å². The van der Waals surface area contributed by atoms with Crippen LogP contribution < -0.4 is 4.13 Å². The number of thioether (sulfide) groups is 1. The molecular formula is C4H9NS3. The fourth-order valence-corrected chi connectivity index (χ4v) is 2.88. The van der Waals surface area contributed by atoms with Crippen LogP contribution in [0.3, 0.4) is 0 Å². The summed E-state index contributed by atoms with van der Waals surface area (Å²) in [5.74, 6) is 2.66. The third-order valence-corrected chi connectivity index (χ3v) is 4.32. The van der Waals surface area contributed by atoms with Crippen molar-refractivity contribution in [1.29, 1.82) is 0 Å². The van der Waals surface area contributed by atoms with Gasteiger partial charge in [0, 0.05) is 16.8 Å². The van der Waals surface area contributed by atoms with E-state index in [9.17, 15) is 0 Å². The lowest BCUT2D eigenvalue weighted by Crippen LogP contribution is -2.22. The molecule has 0 aromatic rings. The van der Waals surface area contributed by atoms with E-state index >= 15 is 0 Å². The first-order valence-electron chi connectivity index (χ1n) is 2.45. The topological polar surface area (TPSA) is 12.0 Å². The Hall–Kier alpha value is 1.01. The second-order valence-corrected chi connectivity index (χ2v) is 4.62. The average Bonchev–Trinajstić information content (AvgIpc) is 1.63. The number of hydrogen-bond acceptors (Lipinski definition) is 4. The van der Waals surface area contributed by atoms with Gasteiger partial charge in [-0.15, -0.1) is 0 Å². The summed E-state index contributed by atoms with van der Waals surface area (Å²) in [7, 11) is 0. The van der Waals surface area contributed by atoms with Crippen LogP contribution >= 0.6 is 35.7 Å². The van der Waals surface area contributed by atoms with Crippen LogP contribution in [0.15, 0.2) is 0 Å². The van der Waals surface area contributed by atoms with Crippen molar-refractivity contribution in [3.63, 3.8) is 0 Å². The van der Waals surface area contributed by atoms with Crippen LogP contribution in [0.25, 0.3) is 0 Å². The highest BCUT2D eigenvalue weighted by Gasteiger charge is 2.17. The summed E-state index contributed by atoms with van der Waals surface area (Å²) in [4.78, 5) is 0. The van der Waals surface area contributed by atoms with Crippen molar-refractivity contribution in [2.45, 2.75) is 5.25 Å².